The topological polar surface area (TPSA) is 115 Å². The Hall–Kier alpha value is -3.23. The summed E-state index contributed by atoms with van der Waals surface area (Å²) in [4.78, 5) is 43.3. The Kier molecular flexibility index (Phi) is 5.20. The first kappa shape index (κ1) is 18.6. The molecule has 0 fully saturated rings. The number of aromatic nitrogens is 5. The molecule has 142 valence electrons. The quantitative estimate of drug-likeness (QED) is 0.688. The molecule has 0 spiro atoms. The van der Waals surface area contributed by atoms with Gasteiger partial charge in [-0.1, -0.05) is 13.8 Å². The number of fused-ring (bicyclic) bond motifs is 1. The highest BCUT2D eigenvalue weighted by molar-refractivity contribution is 6.05. The monoisotopic (exact) mass is 370 g/mol. The summed E-state index contributed by atoms with van der Waals surface area (Å²) in [5.41, 5.74) is -0.566. The molecule has 1 atom stereocenters. The normalized spacial score (nSPS) is 12.3. The van der Waals surface area contributed by atoms with E-state index in [0.29, 0.717) is 18.8 Å². The number of pyridine rings is 1. The molecule has 9 heteroatoms. The Balaban J connectivity index is 1.98. The maximum Gasteiger partial charge on any atom is 0.329 e. The van der Waals surface area contributed by atoms with Crippen molar-refractivity contribution in [2.45, 2.75) is 46.2 Å². The molecule has 3 heterocycles. The second-order valence-corrected chi connectivity index (χ2v) is 6.38. The van der Waals surface area contributed by atoms with E-state index < -0.39 is 17.2 Å². The molecule has 0 aromatic carbocycles. The molecule has 0 aliphatic heterocycles. The molecule has 1 unspecified atom stereocenters. The van der Waals surface area contributed by atoms with Gasteiger partial charge in [-0.05, 0) is 25.8 Å². The molecule has 2 N–H and O–H groups in total. The summed E-state index contributed by atoms with van der Waals surface area (Å²) < 4.78 is 3.13. The minimum Gasteiger partial charge on any atom is -0.307 e. The van der Waals surface area contributed by atoms with E-state index >= 15 is 0 Å². The first-order valence-electron chi connectivity index (χ1n) is 8.94. The van der Waals surface area contributed by atoms with E-state index in [9.17, 15) is 14.4 Å². The Morgan fingerprint density at radius 1 is 1.33 bits per heavy atom. The number of carbonyl (C=O) groups is 1. The zero-order chi connectivity index (χ0) is 19.6. The largest absolute Gasteiger partial charge is 0.329 e. The average molecular weight is 370 g/mol. The summed E-state index contributed by atoms with van der Waals surface area (Å²) >= 11 is 0. The Labute approximate surface area is 155 Å². The van der Waals surface area contributed by atoms with Gasteiger partial charge in [0.05, 0.1) is 23.2 Å². The summed E-state index contributed by atoms with van der Waals surface area (Å²) in [6.45, 7) is 6.39. The molecule has 9 nitrogen and oxygen atoms in total. The molecule has 27 heavy (non-hydrogen) atoms. The summed E-state index contributed by atoms with van der Waals surface area (Å²) in [7, 11) is 0. The van der Waals surface area contributed by atoms with Crippen LogP contribution >= 0.6 is 0 Å². The van der Waals surface area contributed by atoms with E-state index in [1.54, 1.807) is 16.9 Å². The minimum atomic E-state index is -0.561. The van der Waals surface area contributed by atoms with E-state index in [1.165, 1.54) is 16.8 Å². The standard InChI is InChI=1S/C18H22N6O3/c1-4-8-23-15-13(17(26)22-18(23)27)9-12(10-19-15)16(25)21-14-6-7-20-24(14)11(3)5-2/h6-7,9-11H,4-5,8H2,1-3H3,(H,21,25)(H,22,26,27). The maximum absolute atomic E-state index is 12.6. The van der Waals surface area contributed by atoms with Gasteiger partial charge in [-0.2, -0.15) is 5.10 Å². The second kappa shape index (κ2) is 7.56. The third-order valence-corrected chi connectivity index (χ3v) is 4.46. The van der Waals surface area contributed by atoms with Crippen molar-refractivity contribution in [1.29, 1.82) is 0 Å². The number of nitrogens with zero attached hydrogens (tertiary/aromatic N) is 4. The maximum atomic E-state index is 12.6. The molecule has 0 aliphatic rings. The fourth-order valence-corrected chi connectivity index (χ4v) is 2.85. The smallest absolute Gasteiger partial charge is 0.307 e. The van der Waals surface area contributed by atoms with Gasteiger partial charge in [-0.3, -0.25) is 19.1 Å². The van der Waals surface area contributed by atoms with Gasteiger partial charge in [0.25, 0.3) is 11.5 Å². The molecule has 3 aromatic rings. The minimum absolute atomic E-state index is 0.136. The van der Waals surface area contributed by atoms with Crippen molar-refractivity contribution in [3.05, 3.63) is 50.9 Å². The number of carbonyl (C=O) groups excluding carboxylic acids is 1. The summed E-state index contributed by atoms with van der Waals surface area (Å²) in [5, 5.41) is 7.23. The Bertz CT molecular complexity index is 1090. The third kappa shape index (κ3) is 3.53. The molecular weight excluding hydrogens is 348 g/mol. The van der Waals surface area contributed by atoms with Gasteiger partial charge in [0.1, 0.15) is 11.5 Å². The van der Waals surface area contributed by atoms with Gasteiger partial charge < -0.3 is 5.32 Å². The van der Waals surface area contributed by atoms with Gasteiger partial charge >= 0.3 is 5.69 Å². The van der Waals surface area contributed by atoms with E-state index in [1.807, 2.05) is 20.8 Å². The van der Waals surface area contributed by atoms with Crippen LogP contribution in [0.1, 0.15) is 50.0 Å². The van der Waals surface area contributed by atoms with Crippen LogP contribution in [0.25, 0.3) is 11.0 Å². The fraction of sp³-hybridized carbons (Fsp3) is 0.389. The summed E-state index contributed by atoms with van der Waals surface area (Å²) in [6, 6.07) is 3.30. The zero-order valence-corrected chi connectivity index (χ0v) is 15.5. The van der Waals surface area contributed by atoms with Crippen LogP contribution in [-0.4, -0.2) is 30.2 Å². The Morgan fingerprint density at radius 2 is 2.11 bits per heavy atom. The Morgan fingerprint density at radius 3 is 2.81 bits per heavy atom. The van der Waals surface area contributed by atoms with Gasteiger partial charge in [0.2, 0.25) is 0 Å². The van der Waals surface area contributed by atoms with E-state index in [-0.39, 0.29) is 22.6 Å². The van der Waals surface area contributed by atoms with Gasteiger partial charge in [-0.15, -0.1) is 0 Å². The SMILES string of the molecule is CCCn1c(=O)[nH]c(=O)c2cc(C(=O)Nc3ccnn3C(C)CC)cnc21. The van der Waals surface area contributed by atoms with E-state index in [2.05, 4.69) is 20.4 Å². The van der Waals surface area contributed by atoms with Gasteiger partial charge in [-0.25, -0.2) is 14.5 Å². The molecular formula is C18H22N6O3. The second-order valence-electron chi connectivity index (χ2n) is 6.38. The number of hydrogen-bond donors (Lipinski definition) is 2. The van der Waals surface area contributed by atoms with E-state index in [0.717, 1.165) is 6.42 Å². The lowest BCUT2D eigenvalue weighted by Crippen LogP contribution is -2.31. The van der Waals surface area contributed by atoms with Crippen molar-refractivity contribution >= 4 is 22.8 Å². The van der Waals surface area contributed by atoms with Crippen LogP contribution in [-0.2, 0) is 6.54 Å². The van der Waals surface area contributed by atoms with Crippen molar-refractivity contribution in [3.8, 4) is 0 Å². The number of amides is 1. The van der Waals surface area contributed by atoms with Crippen LogP contribution in [0.15, 0.2) is 34.1 Å². The average Bonchev–Trinajstić information content (AvgIpc) is 3.12. The zero-order valence-electron chi connectivity index (χ0n) is 15.5. The highest BCUT2D eigenvalue weighted by Gasteiger charge is 2.15. The number of H-pyrrole nitrogens is 1. The van der Waals surface area contributed by atoms with Crippen molar-refractivity contribution in [1.82, 2.24) is 24.3 Å². The van der Waals surface area contributed by atoms with Crippen LogP contribution in [0.5, 0.6) is 0 Å². The van der Waals surface area contributed by atoms with Crippen LogP contribution in [0.4, 0.5) is 5.82 Å². The predicted octanol–water partition coefficient (Wildman–Crippen LogP) is 1.91. The summed E-state index contributed by atoms with van der Waals surface area (Å²) in [5.74, 6) is 0.168. The van der Waals surface area contributed by atoms with Crippen LogP contribution in [0.3, 0.4) is 0 Å². The lowest BCUT2D eigenvalue weighted by Gasteiger charge is -2.14. The molecule has 3 aromatic heterocycles. The van der Waals surface area contributed by atoms with Gasteiger partial charge in [0, 0.05) is 18.8 Å². The van der Waals surface area contributed by atoms with Crippen LogP contribution in [0.2, 0.25) is 0 Å². The predicted molar refractivity (Wildman–Crippen MR) is 102 cm³/mol. The molecule has 0 radical (unpaired) electrons. The first-order chi connectivity index (χ1) is 13.0. The number of aromatic amines is 1. The lowest BCUT2D eigenvalue weighted by atomic mass is 10.2. The highest BCUT2D eigenvalue weighted by Crippen LogP contribution is 2.17. The fourth-order valence-electron chi connectivity index (χ4n) is 2.85. The molecule has 0 saturated heterocycles. The number of aryl methyl sites for hydroxylation is 1. The number of rotatable bonds is 6. The van der Waals surface area contributed by atoms with Crippen molar-refractivity contribution < 1.29 is 4.79 Å². The molecule has 0 saturated carbocycles. The van der Waals surface area contributed by atoms with Gasteiger partial charge in [0.15, 0.2) is 0 Å². The first-order valence-corrected chi connectivity index (χ1v) is 8.94. The highest BCUT2D eigenvalue weighted by atomic mass is 16.2. The number of hydrogen-bond acceptors (Lipinski definition) is 5. The number of anilines is 1. The third-order valence-electron chi connectivity index (χ3n) is 4.46. The molecule has 1 amide bonds. The number of nitrogens with one attached hydrogen (secondary N) is 2. The van der Waals surface area contributed by atoms with Crippen molar-refractivity contribution in [2.24, 2.45) is 0 Å². The molecule has 0 bridgehead atoms. The van der Waals surface area contributed by atoms with Crippen molar-refractivity contribution in [3.63, 3.8) is 0 Å². The summed E-state index contributed by atoms with van der Waals surface area (Å²) in [6.07, 6.45) is 4.57. The van der Waals surface area contributed by atoms with Crippen LogP contribution < -0.4 is 16.6 Å². The van der Waals surface area contributed by atoms with E-state index in [4.69, 9.17) is 0 Å². The molecule has 0 aliphatic carbocycles. The molecule has 3 rings (SSSR count). The van der Waals surface area contributed by atoms with Crippen LogP contribution in [0, 0.1) is 0 Å². The lowest BCUT2D eigenvalue weighted by molar-refractivity contribution is 0.102. The van der Waals surface area contributed by atoms with Crippen molar-refractivity contribution in [2.75, 3.05) is 5.32 Å².